The van der Waals surface area contributed by atoms with Crippen LogP contribution in [0.1, 0.15) is 21.5 Å². The summed E-state index contributed by atoms with van der Waals surface area (Å²) in [6.45, 7) is 0.334. The fourth-order valence-electron chi connectivity index (χ4n) is 2.78. The van der Waals surface area contributed by atoms with Gasteiger partial charge >= 0.3 is 5.97 Å². The quantitative estimate of drug-likeness (QED) is 0.517. The molecule has 0 bridgehead atoms. The largest absolute Gasteiger partial charge is 0.495 e. The van der Waals surface area contributed by atoms with E-state index >= 15 is 0 Å². The Bertz CT molecular complexity index is 1010. The van der Waals surface area contributed by atoms with Crippen LogP contribution in [0.15, 0.2) is 60.7 Å². The Balaban J connectivity index is 1.76. The van der Waals surface area contributed by atoms with Gasteiger partial charge in [0.25, 0.3) is 0 Å². The average molecular weight is 416 g/mol. The predicted octanol–water partition coefficient (Wildman–Crippen LogP) is 5.38. The number of carboxylic acids is 1. The molecule has 0 unspecified atom stereocenters. The first-order valence-corrected chi connectivity index (χ1v) is 9.16. The average Bonchev–Trinajstić information content (AvgIpc) is 2.72. The minimum absolute atomic E-state index is 0.0136. The second-order valence-corrected chi connectivity index (χ2v) is 6.58. The Morgan fingerprint density at radius 1 is 1.10 bits per heavy atom. The molecule has 7 heteroatoms. The Labute approximate surface area is 172 Å². The van der Waals surface area contributed by atoms with Gasteiger partial charge in [0.1, 0.15) is 23.9 Å². The number of rotatable bonds is 8. The Hall–Kier alpha value is -3.25. The summed E-state index contributed by atoms with van der Waals surface area (Å²) >= 11 is 6.06. The topological polar surface area (TPSA) is 67.8 Å². The minimum Gasteiger partial charge on any atom is -0.495 e. The number of aromatic carboxylic acids is 1. The molecule has 0 heterocycles. The van der Waals surface area contributed by atoms with Gasteiger partial charge in [-0.1, -0.05) is 35.9 Å². The van der Waals surface area contributed by atoms with E-state index in [0.29, 0.717) is 28.8 Å². The molecule has 3 rings (SSSR count). The third kappa shape index (κ3) is 4.97. The van der Waals surface area contributed by atoms with E-state index in [1.54, 1.807) is 18.2 Å². The van der Waals surface area contributed by atoms with Crippen LogP contribution < -0.4 is 14.8 Å². The second kappa shape index (κ2) is 9.30. The summed E-state index contributed by atoms with van der Waals surface area (Å²) in [7, 11) is 1.51. The molecule has 0 aliphatic heterocycles. The van der Waals surface area contributed by atoms with E-state index in [1.807, 2.05) is 18.2 Å². The third-order valence-corrected chi connectivity index (χ3v) is 4.68. The van der Waals surface area contributed by atoms with Crippen LogP contribution in [0.4, 0.5) is 10.1 Å². The number of benzene rings is 3. The molecule has 2 N–H and O–H groups in total. The number of ether oxygens (including phenoxy) is 2. The van der Waals surface area contributed by atoms with Crippen LogP contribution in [0.3, 0.4) is 0 Å². The molecule has 0 spiro atoms. The molecular formula is C22H19ClFNO4. The number of carbonyl (C=O) groups is 1. The monoisotopic (exact) mass is 415 g/mol. The molecular weight excluding hydrogens is 397 g/mol. The number of hydrogen-bond acceptors (Lipinski definition) is 4. The molecule has 0 radical (unpaired) electrons. The lowest BCUT2D eigenvalue weighted by Crippen LogP contribution is -2.06. The molecule has 0 amide bonds. The van der Waals surface area contributed by atoms with E-state index in [1.165, 1.54) is 31.4 Å². The summed E-state index contributed by atoms with van der Waals surface area (Å²) in [5.41, 5.74) is 1.78. The lowest BCUT2D eigenvalue weighted by Gasteiger charge is -2.15. The maximum Gasteiger partial charge on any atom is 0.335 e. The fraction of sp³-hybridized carbons (Fsp3) is 0.136. The Morgan fingerprint density at radius 3 is 2.62 bits per heavy atom. The molecule has 0 aliphatic carbocycles. The molecule has 0 saturated carbocycles. The molecule has 3 aromatic carbocycles. The molecule has 0 aliphatic rings. The number of methoxy groups -OCH3 is 1. The maximum atomic E-state index is 14.0. The molecule has 29 heavy (non-hydrogen) atoms. The van der Waals surface area contributed by atoms with Crippen molar-refractivity contribution in [2.24, 2.45) is 0 Å². The van der Waals surface area contributed by atoms with E-state index in [9.17, 15) is 14.3 Å². The van der Waals surface area contributed by atoms with Crippen molar-refractivity contribution >= 4 is 23.3 Å². The van der Waals surface area contributed by atoms with Gasteiger partial charge in [-0.15, -0.1) is 0 Å². The standard InChI is InChI=1S/C22H19ClFNO4/c1-28-21-10-9-14(22(26)27)11-19(21)25-12-15-5-2-3-8-20(15)29-13-16-17(23)6-4-7-18(16)24/h2-11,25H,12-13H2,1H3,(H,26,27). The second-order valence-electron chi connectivity index (χ2n) is 6.17. The zero-order chi connectivity index (χ0) is 20.8. The van der Waals surface area contributed by atoms with E-state index in [0.717, 1.165) is 5.56 Å². The van der Waals surface area contributed by atoms with Gasteiger partial charge in [0.2, 0.25) is 0 Å². The van der Waals surface area contributed by atoms with E-state index in [2.05, 4.69) is 5.32 Å². The van der Waals surface area contributed by atoms with Crippen molar-refractivity contribution in [3.8, 4) is 11.5 Å². The highest BCUT2D eigenvalue weighted by molar-refractivity contribution is 6.31. The molecule has 0 fully saturated rings. The highest BCUT2D eigenvalue weighted by atomic mass is 35.5. The number of anilines is 1. The summed E-state index contributed by atoms with van der Waals surface area (Å²) < 4.78 is 25.1. The third-order valence-electron chi connectivity index (χ3n) is 4.32. The van der Waals surface area contributed by atoms with E-state index < -0.39 is 11.8 Å². The molecule has 5 nitrogen and oxygen atoms in total. The summed E-state index contributed by atoms with van der Waals surface area (Å²) in [6.07, 6.45) is 0. The summed E-state index contributed by atoms with van der Waals surface area (Å²) in [5.74, 6) is -0.372. The summed E-state index contributed by atoms with van der Waals surface area (Å²) in [4.78, 5) is 11.2. The van der Waals surface area contributed by atoms with Crippen molar-refractivity contribution in [2.75, 3.05) is 12.4 Å². The van der Waals surface area contributed by atoms with Crippen LogP contribution in [-0.4, -0.2) is 18.2 Å². The lowest BCUT2D eigenvalue weighted by atomic mass is 10.1. The van der Waals surface area contributed by atoms with E-state index in [4.69, 9.17) is 21.1 Å². The lowest BCUT2D eigenvalue weighted by molar-refractivity contribution is 0.0697. The Morgan fingerprint density at radius 2 is 1.90 bits per heavy atom. The molecule has 150 valence electrons. The summed E-state index contributed by atoms with van der Waals surface area (Å²) in [5, 5.41) is 12.7. The van der Waals surface area contributed by atoms with Crippen molar-refractivity contribution in [2.45, 2.75) is 13.2 Å². The van der Waals surface area contributed by atoms with Crippen LogP contribution in [0, 0.1) is 5.82 Å². The van der Waals surface area contributed by atoms with Crippen LogP contribution in [0.5, 0.6) is 11.5 Å². The zero-order valence-electron chi connectivity index (χ0n) is 15.6. The van der Waals surface area contributed by atoms with E-state index in [-0.39, 0.29) is 17.7 Å². The molecule has 3 aromatic rings. The first-order valence-electron chi connectivity index (χ1n) is 8.78. The van der Waals surface area contributed by atoms with Crippen molar-refractivity contribution in [3.63, 3.8) is 0 Å². The van der Waals surface area contributed by atoms with Gasteiger partial charge in [-0.2, -0.15) is 0 Å². The number of para-hydroxylation sites is 1. The van der Waals surface area contributed by atoms with Gasteiger partial charge < -0.3 is 19.9 Å². The van der Waals surface area contributed by atoms with Crippen LogP contribution >= 0.6 is 11.6 Å². The van der Waals surface area contributed by atoms with Crippen molar-refractivity contribution in [1.29, 1.82) is 0 Å². The highest BCUT2D eigenvalue weighted by Gasteiger charge is 2.12. The normalized spacial score (nSPS) is 10.4. The molecule has 0 atom stereocenters. The minimum atomic E-state index is -1.03. The fourth-order valence-corrected chi connectivity index (χ4v) is 3.00. The van der Waals surface area contributed by atoms with Gasteiger partial charge in [-0.3, -0.25) is 0 Å². The number of halogens is 2. The number of nitrogens with one attached hydrogen (secondary N) is 1. The zero-order valence-corrected chi connectivity index (χ0v) is 16.4. The molecule has 0 aromatic heterocycles. The maximum absolute atomic E-state index is 14.0. The highest BCUT2D eigenvalue weighted by Crippen LogP contribution is 2.28. The van der Waals surface area contributed by atoms with Gasteiger partial charge in [0, 0.05) is 17.7 Å². The van der Waals surface area contributed by atoms with Gasteiger partial charge in [0.15, 0.2) is 0 Å². The number of carboxylic acid groups (broad SMARTS) is 1. The first kappa shape index (κ1) is 20.5. The predicted molar refractivity (Wildman–Crippen MR) is 109 cm³/mol. The van der Waals surface area contributed by atoms with Crippen molar-refractivity contribution in [1.82, 2.24) is 0 Å². The smallest absolute Gasteiger partial charge is 0.335 e. The first-order chi connectivity index (χ1) is 14.0. The Kier molecular flexibility index (Phi) is 6.57. The SMILES string of the molecule is COc1ccc(C(=O)O)cc1NCc1ccccc1OCc1c(F)cccc1Cl. The van der Waals surface area contributed by atoms with Crippen LogP contribution in [0.25, 0.3) is 0 Å². The van der Waals surface area contributed by atoms with Gasteiger partial charge in [-0.25, -0.2) is 9.18 Å². The van der Waals surface area contributed by atoms with Gasteiger partial charge in [-0.05, 0) is 36.4 Å². The van der Waals surface area contributed by atoms with Crippen molar-refractivity contribution in [3.05, 3.63) is 88.2 Å². The van der Waals surface area contributed by atoms with Crippen LogP contribution in [-0.2, 0) is 13.2 Å². The molecule has 0 saturated heterocycles. The summed E-state index contributed by atoms with van der Waals surface area (Å²) in [6, 6.07) is 16.4. The van der Waals surface area contributed by atoms with Crippen LogP contribution in [0.2, 0.25) is 5.02 Å². The van der Waals surface area contributed by atoms with Gasteiger partial charge in [0.05, 0.1) is 23.4 Å². The van der Waals surface area contributed by atoms with Crippen molar-refractivity contribution < 1.29 is 23.8 Å². The number of hydrogen-bond donors (Lipinski definition) is 2.